The molecule has 0 bridgehead atoms. The topological polar surface area (TPSA) is 174 Å². The summed E-state index contributed by atoms with van der Waals surface area (Å²) in [5.41, 5.74) is -1.39. The smallest absolute Gasteiger partial charge is 0.371 e. The Labute approximate surface area is 225 Å². The highest BCUT2D eigenvalue weighted by atomic mass is 32.2. The van der Waals surface area contributed by atoms with Gasteiger partial charge in [-0.3, -0.25) is 9.59 Å². The van der Waals surface area contributed by atoms with Crippen LogP contribution in [-0.2, 0) is 0 Å². The molecular formula is C26H25FO11S. The molecule has 0 spiro atoms. The lowest BCUT2D eigenvalue weighted by Crippen LogP contribution is -2.25. The average Bonchev–Trinajstić information content (AvgIpc) is 2.92. The molecule has 3 aromatic rings. The normalized spacial score (nSPS) is 11.0. The van der Waals surface area contributed by atoms with E-state index < -0.39 is 47.0 Å². The molecule has 3 N–H and O–H groups in total. The number of carboxylic acids is 2. The van der Waals surface area contributed by atoms with Gasteiger partial charge in [0.2, 0.25) is 11.5 Å². The summed E-state index contributed by atoms with van der Waals surface area (Å²) in [6.45, 7) is 4.62. The Bertz CT molecular complexity index is 1510. The molecule has 1 aromatic carbocycles. The molecule has 0 aliphatic carbocycles. The molecule has 0 amide bonds. The summed E-state index contributed by atoms with van der Waals surface area (Å²) in [6, 6.07) is 7.95. The van der Waals surface area contributed by atoms with Crippen LogP contribution in [-0.4, -0.2) is 46.6 Å². The first kappa shape index (κ1) is 30.9. The maximum Gasteiger partial charge on any atom is 0.371 e. The largest absolute Gasteiger partial charge is 0.491 e. The van der Waals surface area contributed by atoms with Gasteiger partial charge in [0.25, 0.3) is 0 Å². The molecule has 2 aromatic heterocycles. The van der Waals surface area contributed by atoms with Gasteiger partial charge in [0.15, 0.2) is 10.9 Å². The fraction of sp³-hybridized carbons (Fsp3) is 0.231. The van der Waals surface area contributed by atoms with E-state index >= 15 is 0 Å². The number of rotatable bonds is 9. The van der Waals surface area contributed by atoms with Gasteiger partial charge in [0.05, 0.1) is 23.8 Å². The summed E-state index contributed by atoms with van der Waals surface area (Å²) < 4.78 is 34.3. The van der Waals surface area contributed by atoms with E-state index in [1.165, 1.54) is 31.2 Å². The second kappa shape index (κ2) is 14.5. The fourth-order valence-electron chi connectivity index (χ4n) is 2.91. The number of ether oxygens (including phenoxy) is 2. The van der Waals surface area contributed by atoms with Crippen LogP contribution in [0.1, 0.15) is 40.5 Å². The Morgan fingerprint density at radius 2 is 1.59 bits per heavy atom. The zero-order valence-electron chi connectivity index (χ0n) is 21.0. The molecule has 3 rings (SSSR count). The van der Waals surface area contributed by atoms with Crippen LogP contribution in [0.25, 0.3) is 11.0 Å². The van der Waals surface area contributed by atoms with E-state index in [0.29, 0.717) is 0 Å². The fourth-order valence-corrected chi connectivity index (χ4v) is 3.17. The number of hydrogen-bond acceptors (Lipinski definition) is 10. The zero-order valence-corrected chi connectivity index (χ0v) is 21.8. The Kier molecular flexibility index (Phi) is 11.5. The van der Waals surface area contributed by atoms with Gasteiger partial charge >= 0.3 is 11.9 Å². The van der Waals surface area contributed by atoms with Crippen LogP contribution in [0.15, 0.2) is 72.0 Å². The van der Waals surface area contributed by atoms with Gasteiger partial charge in [-0.2, -0.15) is 3.89 Å². The van der Waals surface area contributed by atoms with Crippen molar-refractivity contribution in [3.05, 3.63) is 86.3 Å². The van der Waals surface area contributed by atoms with Gasteiger partial charge in [0.1, 0.15) is 36.4 Å². The third-order valence-electron chi connectivity index (χ3n) is 4.78. The molecule has 39 heavy (non-hydrogen) atoms. The minimum atomic E-state index is -1.51. The van der Waals surface area contributed by atoms with Crippen LogP contribution in [0.5, 0.6) is 11.5 Å². The van der Waals surface area contributed by atoms with E-state index in [1.54, 1.807) is 0 Å². The molecule has 0 aliphatic rings. The molecule has 2 heterocycles. The first-order valence-corrected chi connectivity index (χ1v) is 12.1. The van der Waals surface area contributed by atoms with E-state index in [1.807, 2.05) is 13.8 Å². The molecule has 0 radical (unpaired) electrons. The third kappa shape index (κ3) is 8.58. The number of aromatic carboxylic acids is 2. The summed E-state index contributed by atoms with van der Waals surface area (Å²) in [6.07, 6.45) is -0.342. The lowest BCUT2D eigenvalue weighted by molar-refractivity contribution is 0.0623. The van der Waals surface area contributed by atoms with E-state index in [-0.39, 0.29) is 51.7 Å². The first-order valence-electron chi connectivity index (χ1n) is 11.4. The molecule has 11 nitrogen and oxygen atoms in total. The summed E-state index contributed by atoms with van der Waals surface area (Å²) in [7, 11) is 0. The van der Waals surface area contributed by atoms with Gasteiger partial charge in [0, 0.05) is 22.6 Å². The number of fused-ring (bicyclic) bond motifs is 1. The van der Waals surface area contributed by atoms with Crippen molar-refractivity contribution in [2.24, 2.45) is 0 Å². The van der Waals surface area contributed by atoms with Crippen molar-refractivity contribution >= 4 is 35.1 Å². The van der Waals surface area contributed by atoms with Crippen LogP contribution in [0.4, 0.5) is 3.89 Å². The maximum absolute atomic E-state index is 13.3. The number of benzene rings is 1. The Hall–Kier alpha value is -4.36. The van der Waals surface area contributed by atoms with Crippen molar-refractivity contribution in [3.8, 4) is 11.5 Å². The quantitative estimate of drug-likeness (QED) is 0.335. The molecule has 208 valence electrons. The van der Waals surface area contributed by atoms with Crippen molar-refractivity contribution in [2.75, 3.05) is 13.2 Å². The highest BCUT2D eigenvalue weighted by molar-refractivity contribution is 7.94. The number of aliphatic hydroxyl groups is 1. The molecule has 1 unspecified atom stereocenters. The highest BCUT2D eigenvalue weighted by Gasteiger charge is 2.14. The first-order chi connectivity index (χ1) is 18.6. The SMILES string of the molecule is CC.Cc1c(OCC(O)COc2ccc3oc(C(=O)O)cc(=O)c3c2)cc(SF)ccoc(C(=O)O)cc1=O. The van der Waals surface area contributed by atoms with Crippen molar-refractivity contribution in [2.45, 2.75) is 31.8 Å². The third-order valence-corrected chi connectivity index (χ3v) is 5.22. The number of carbonyl (C=O) groups is 2. The monoisotopic (exact) mass is 564 g/mol. The second-order valence-corrected chi connectivity index (χ2v) is 8.05. The van der Waals surface area contributed by atoms with E-state index in [0.717, 1.165) is 24.5 Å². The number of halogens is 1. The predicted molar refractivity (Wildman–Crippen MR) is 139 cm³/mol. The summed E-state index contributed by atoms with van der Waals surface area (Å²) >= 11 is -0.204. The van der Waals surface area contributed by atoms with Crippen LogP contribution < -0.4 is 20.3 Å². The summed E-state index contributed by atoms with van der Waals surface area (Å²) in [5, 5.41) is 28.5. The standard InChI is InChI=1S/C24H19FO11S.C2H6/c1-12-17(27)8-21(23(29)30)33-5-4-15(37-25)7-20(12)35-11-13(26)10-34-14-2-3-19-16(6-14)18(28)9-22(36-19)24(31)32;1-2/h2-9,13,26H,10-11H2,1H3,(H,29,30)(H,31,32);1-2H3. The van der Waals surface area contributed by atoms with Crippen LogP contribution in [0.2, 0.25) is 0 Å². The lowest BCUT2D eigenvalue weighted by Gasteiger charge is -2.14. The highest BCUT2D eigenvalue weighted by Crippen LogP contribution is 2.23. The second-order valence-electron chi connectivity index (χ2n) is 7.43. The lowest BCUT2D eigenvalue weighted by atomic mass is 10.2. The Balaban J connectivity index is 0.00000260. The molecular weight excluding hydrogens is 539 g/mol. The van der Waals surface area contributed by atoms with Crippen LogP contribution in [0.3, 0.4) is 0 Å². The summed E-state index contributed by atoms with van der Waals surface area (Å²) in [4.78, 5) is 46.8. The van der Waals surface area contributed by atoms with Crippen molar-refractivity contribution in [1.29, 1.82) is 0 Å². The van der Waals surface area contributed by atoms with Gasteiger partial charge in [-0.15, -0.1) is 0 Å². The van der Waals surface area contributed by atoms with Crippen molar-refractivity contribution in [1.82, 2.24) is 0 Å². The van der Waals surface area contributed by atoms with Crippen LogP contribution in [0, 0.1) is 6.92 Å². The summed E-state index contributed by atoms with van der Waals surface area (Å²) in [5.74, 6) is -4.02. The van der Waals surface area contributed by atoms with Gasteiger partial charge in [-0.1, -0.05) is 13.8 Å². The van der Waals surface area contributed by atoms with E-state index in [4.69, 9.17) is 28.5 Å². The predicted octanol–water partition coefficient (Wildman–Crippen LogP) is 4.40. The molecule has 1 atom stereocenters. The van der Waals surface area contributed by atoms with Crippen LogP contribution >= 0.6 is 12.1 Å². The van der Waals surface area contributed by atoms with Crippen molar-refractivity contribution < 1.29 is 47.1 Å². The number of aliphatic hydroxyl groups excluding tert-OH is 1. The van der Waals surface area contributed by atoms with Gasteiger partial charge < -0.3 is 33.6 Å². The zero-order chi connectivity index (χ0) is 29.1. The van der Waals surface area contributed by atoms with E-state index in [2.05, 4.69) is 0 Å². The number of hydrogen-bond donors (Lipinski definition) is 3. The van der Waals surface area contributed by atoms with Gasteiger partial charge in [-0.25, -0.2) is 9.59 Å². The Morgan fingerprint density at radius 3 is 2.23 bits per heavy atom. The molecule has 0 saturated carbocycles. The molecule has 0 fully saturated rings. The average molecular weight is 565 g/mol. The minimum Gasteiger partial charge on any atom is -0.491 e. The molecule has 0 saturated heterocycles. The molecule has 13 heteroatoms. The van der Waals surface area contributed by atoms with Crippen molar-refractivity contribution in [3.63, 3.8) is 0 Å². The minimum absolute atomic E-state index is 0.0390. The van der Waals surface area contributed by atoms with E-state index in [9.17, 15) is 28.2 Å². The maximum atomic E-state index is 13.3. The number of carboxylic acid groups (broad SMARTS) is 2. The van der Waals surface area contributed by atoms with Gasteiger partial charge in [-0.05, 0) is 37.3 Å². The molecule has 0 aliphatic heterocycles. The Morgan fingerprint density at radius 1 is 0.949 bits per heavy atom.